The van der Waals surface area contributed by atoms with Gasteiger partial charge in [-0.2, -0.15) is 0 Å². The number of nitro benzene ring substituents is 1. The normalized spacial score (nSPS) is 16.4. The zero-order valence-corrected chi connectivity index (χ0v) is 16.3. The summed E-state index contributed by atoms with van der Waals surface area (Å²) in [5, 5.41) is 14.6. The number of benzene rings is 1. The van der Waals surface area contributed by atoms with Gasteiger partial charge < -0.3 is 15.2 Å². The number of hydrogen-bond donors (Lipinski definition) is 2. The van der Waals surface area contributed by atoms with Crippen LogP contribution in [0.2, 0.25) is 0 Å². The number of hydrogen-bond acceptors (Lipinski definition) is 7. The van der Waals surface area contributed by atoms with Crippen molar-refractivity contribution in [3.05, 3.63) is 62.8 Å². The third kappa shape index (κ3) is 3.84. The van der Waals surface area contributed by atoms with Crippen molar-refractivity contribution >= 4 is 34.0 Å². The number of amides is 1. The molecule has 10 nitrogen and oxygen atoms in total. The third-order valence-corrected chi connectivity index (χ3v) is 5.23. The highest BCUT2D eigenvalue weighted by atomic mass is 16.6. The number of pyridine rings is 1. The fraction of sp³-hybridized carbons (Fsp3) is 0.300. The van der Waals surface area contributed by atoms with E-state index in [1.807, 2.05) is 17.9 Å². The van der Waals surface area contributed by atoms with Crippen molar-refractivity contribution in [3.63, 3.8) is 0 Å². The molecule has 2 N–H and O–H groups in total. The molecule has 0 bridgehead atoms. The molecule has 1 fully saturated rings. The number of aromatic nitrogens is 3. The molecule has 0 radical (unpaired) electrons. The molecule has 0 spiro atoms. The lowest BCUT2D eigenvalue weighted by molar-refractivity contribution is -0.384. The quantitative estimate of drug-likeness (QED) is 0.500. The van der Waals surface area contributed by atoms with Gasteiger partial charge in [0, 0.05) is 25.4 Å². The van der Waals surface area contributed by atoms with Crippen molar-refractivity contribution in [2.45, 2.75) is 19.8 Å². The second-order valence-corrected chi connectivity index (χ2v) is 7.34. The molecule has 1 aromatic carbocycles. The molecule has 0 saturated carbocycles. The number of nitrogens with one attached hydrogen (secondary N) is 2. The molecule has 10 heteroatoms. The Morgan fingerprint density at radius 1 is 1.33 bits per heavy atom. The molecule has 3 heterocycles. The van der Waals surface area contributed by atoms with E-state index in [1.54, 1.807) is 18.3 Å². The van der Waals surface area contributed by atoms with E-state index in [4.69, 9.17) is 0 Å². The third-order valence-electron chi connectivity index (χ3n) is 5.23. The first-order valence-electron chi connectivity index (χ1n) is 9.56. The minimum absolute atomic E-state index is 0.157. The van der Waals surface area contributed by atoms with E-state index in [2.05, 4.69) is 20.3 Å². The highest BCUT2D eigenvalue weighted by Gasteiger charge is 2.30. The smallest absolute Gasteiger partial charge is 0.293 e. The molecule has 4 rings (SSSR count). The second-order valence-electron chi connectivity index (χ2n) is 7.34. The van der Waals surface area contributed by atoms with Crippen molar-refractivity contribution < 1.29 is 9.72 Å². The molecule has 1 amide bonds. The molecule has 154 valence electrons. The van der Waals surface area contributed by atoms with Crippen LogP contribution >= 0.6 is 0 Å². The SMILES string of the molecule is Cc1ccc(NC(=O)C2CCCN(c3cc4nc[nH]c(=O)c4cc3[N+](=O)[O-])C2)nc1. The Morgan fingerprint density at radius 2 is 2.17 bits per heavy atom. The van der Waals surface area contributed by atoms with Crippen LogP contribution in [-0.2, 0) is 4.79 Å². The molecule has 0 aliphatic carbocycles. The Kier molecular flexibility index (Phi) is 5.13. The molecule has 2 aromatic heterocycles. The highest BCUT2D eigenvalue weighted by Crippen LogP contribution is 2.34. The summed E-state index contributed by atoms with van der Waals surface area (Å²) in [5.74, 6) is -0.0406. The Bertz CT molecular complexity index is 1170. The summed E-state index contributed by atoms with van der Waals surface area (Å²) in [4.78, 5) is 48.4. The number of aromatic amines is 1. The van der Waals surface area contributed by atoms with Gasteiger partial charge in [0.05, 0.1) is 28.1 Å². The Morgan fingerprint density at radius 3 is 2.90 bits per heavy atom. The zero-order chi connectivity index (χ0) is 21.3. The lowest BCUT2D eigenvalue weighted by Crippen LogP contribution is -2.41. The number of nitrogens with zero attached hydrogens (tertiary/aromatic N) is 4. The van der Waals surface area contributed by atoms with Crippen LogP contribution in [0.15, 0.2) is 41.6 Å². The number of H-pyrrole nitrogens is 1. The van der Waals surface area contributed by atoms with Gasteiger partial charge in [-0.3, -0.25) is 19.7 Å². The van der Waals surface area contributed by atoms with E-state index in [0.717, 1.165) is 5.56 Å². The minimum Gasteiger partial charge on any atom is -0.365 e. The van der Waals surface area contributed by atoms with Gasteiger partial charge in [0.2, 0.25) is 5.91 Å². The van der Waals surface area contributed by atoms with Crippen LogP contribution < -0.4 is 15.8 Å². The van der Waals surface area contributed by atoms with E-state index >= 15 is 0 Å². The summed E-state index contributed by atoms with van der Waals surface area (Å²) in [6.07, 6.45) is 4.32. The van der Waals surface area contributed by atoms with Gasteiger partial charge in [-0.15, -0.1) is 0 Å². The van der Waals surface area contributed by atoms with Gasteiger partial charge in [-0.1, -0.05) is 6.07 Å². The molecule has 1 atom stereocenters. The van der Waals surface area contributed by atoms with Crippen LogP contribution in [0.5, 0.6) is 0 Å². The molecular weight excluding hydrogens is 388 g/mol. The summed E-state index contributed by atoms with van der Waals surface area (Å²) < 4.78 is 0. The lowest BCUT2D eigenvalue weighted by atomic mass is 9.96. The Balaban J connectivity index is 1.61. The summed E-state index contributed by atoms with van der Waals surface area (Å²) in [6.45, 7) is 2.81. The number of carbonyl (C=O) groups excluding carboxylic acids is 1. The van der Waals surface area contributed by atoms with E-state index in [-0.39, 0.29) is 22.9 Å². The average Bonchev–Trinajstić information content (AvgIpc) is 2.75. The number of rotatable bonds is 4. The molecule has 30 heavy (non-hydrogen) atoms. The van der Waals surface area contributed by atoms with Crippen LogP contribution in [-0.4, -0.2) is 38.9 Å². The maximum atomic E-state index is 12.7. The number of anilines is 2. The first-order chi connectivity index (χ1) is 14.4. The van der Waals surface area contributed by atoms with Crippen molar-refractivity contribution in [2.24, 2.45) is 5.92 Å². The predicted molar refractivity (Wildman–Crippen MR) is 112 cm³/mol. The Hall–Kier alpha value is -3.82. The van der Waals surface area contributed by atoms with E-state index in [9.17, 15) is 19.7 Å². The monoisotopic (exact) mass is 408 g/mol. The number of fused-ring (bicyclic) bond motifs is 1. The molecule has 3 aromatic rings. The molecule has 1 saturated heterocycles. The van der Waals surface area contributed by atoms with Crippen LogP contribution in [0.1, 0.15) is 18.4 Å². The summed E-state index contributed by atoms with van der Waals surface area (Å²) in [6, 6.07) is 6.40. The topological polar surface area (TPSA) is 134 Å². The molecule has 1 aliphatic heterocycles. The Labute approximate surface area is 171 Å². The van der Waals surface area contributed by atoms with Crippen LogP contribution in [0, 0.1) is 23.0 Å². The van der Waals surface area contributed by atoms with Crippen molar-refractivity contribution in [1.82, 2.24) is 15.0 Å². The average molecular weight is 408 g/mol. The summed E-state index contributed by atoms with van der Waals surface area (Å²) >= 11 is 0. The highest BCUT2D eigenvalue weighted by molar-refractivity contribution is 5.92. The van der Waals surface area contributed by atoms with Crippen LogP contribution in [0.25, 0.3) is 10.9 Å². The number of carbonyl (C=O) groups is 1. The fourth-order valence-corrected chi connectivity index (χ4v) is 3.67. The van der Waals surface area contributed by atoms with E-state index in [0.29, 0.717) is 43.0 Å². The van der Waals surface area contributed by atoms with Gasteiger partial charge in [0.15, 0.2) is 0 Å². The van der Waals surface area contributed by atoms with Gasteiger partial charge in [0.25, 0.3) is 11.2 Å². The first-order valence-corrected chi connectivity index (χ1v) is 9.56. The van der Waals surface area contributed by atoms with Crippen molar-refractivity contribution in [1.29, 1.82) is 0 Å². The summed E-state index contributed by atoms with van der Waals surface area (Å²) in [5.41, 5.74) is 1.11. The van der Waals surface area contributed by atoms with Crippen molar-refractivity contribution in [2.75, 3.05) is 23.3 Å². The molecule has 1 aliphatic rings. The van der Waals surface area contributed by atoms with Gasteiger partial charge in [0.1, 0.15) is 11.5 Å². The molecule has 1 unspecified atom stereocenters. The summed E-state index contributed by atoms with van der Waals surface area (Å²) in [7, 11) is 0. The standard InChI is InChI=1S/C20H20N6O4/c1-12-4-5-18(21-9-12)24-19(27)13-3-2-6-25(10-13)16-8-15-14(7-17(16)26(29)30)20(28)23-11-22-15/h4-5,7-9,11,13H,2-3,6,10H2,1H3,(H,21,24,27)(H,22,23,28). The largest absolute Gasteiger partial charge is 0.365 e. The second kappa shape index (κ2) is 7.90. The molecular formula is C20H20N6O4. The van der Waals surface area contributed by atoms with E-state index < -0.39 is 10.5 Å². The predicted octanol–water partition coefficient (Wildman–Crippen LogP) is 2.39. The van der Waals surface area contributed by atoms with Gasteiger partial charge in [-0.05, 0) is 37.5 Å². The minimum atomic E-state index is -0.513. The van der Waals surface area contributed by atoms with Crippen LogP contribution in [0.3, 0.4) is 0 Å². The van der Waals surface area contributed by atoms with Gasteiger partial charge in [-0.25, -0.2) is 9.97 Å². The van der Waals surface area contributed by atoms with Gasteiger partial charge >= 0.3 is 0 Å². The lowest BCUT2D eigenvalue weighted by Gasteiger charge is -2.33. The first kappa shape index (κ1) is 19.5. The number of aryl methyl sites for hydroxylation is 1. The fourth-order valence-electron chi connectivity index (χ4n) is 3.67. The maximum Gasteiger partial charge on any atom is 0.293 e. The zero-order valence-electron chi connectivity index (χ0n) is 16.3. The maximum absolute atomic E-state index is 12.7. The number of piperidine rings is 1. The van der Waals surface area contributed by atoms with Crippen LogP contribution in [0.4, 0.5) is 17.2 Å². The van der Waals surface area contributed by atoms with E-state index in [1.165, 1.54) is 12.4 Å². The van der Waals surface area contributed by atoms with Crippen molar-refractivity contribution in [3.8, 4) is 0 Å². The number of nitro groups is 1.